The summed E-state index contributed by atoms with van der Waals surface area (Å²) in [6.45, 7) is 8.90. The molecule has 0 radical (unpaired) electrons. The zero-order valence-electron chi connectivity index (χ0n) is 19.8. The van der Waals surface area contributed by atoms with E-state index < -0.39 is 35.8 Å². The fraction of sp³-hybridized carbons (Fsp3) is 0.462. The molecular weight excluding hydrogens is 420 g/mol. The first-order valence-corrected chi connectivity index (χ1v) is 11.3. The van der Waals surface area contributed by atoms with Crippen molar-refractivity contribution >= 4 is 12.2 Å². The second kappa shape index (κ2) is 10.7. The number of carboxylic acid groups (broad SMARTS) is 1. The van der Waals surface area contributed by atoms with E-state index in [1.165, 1.54) is 4.90 Å². The fourth-order valence-corrected chi connectivity index (χ4v) is 4.59. The van der Waals surface area contributed by atoms with Crippen molar-refractivity contribution in [2.45, 2.75) is 59.0 Å². The van der Waals surface area contributed by atoms with E-state index in [0.29, 0.717) is 13.2 Å². The van der Waals surface area contributed by atoms with Crippen LogP contribution in [0, 0.1) is 5.41 Å². The molecule has 1 aliphatic rings. The molecule has 1 N–H and O–H groups in total. The fourth-order valence-electron chi connectivity index (χ4n) is 4.59. The maximum Gasteiger partial charge on any atom is 0.410 e. The van der Waals surface area contributed by atoms with Gasteiger partial charge < -0.3 is 14.6 Å². The van der Waals surface area contributed by atoms with E-state index in [2.05, 4.69) is 0 Å². The van der Waals surface area contributed by atoms with Crippen molar-refractivity contribution in [2.75, 3.05) is 13.2 Å². The second-order valence-corrected chi connectivity index (χ2v) is 9.38. The van der Waals surface area contributed by atoms with E-state index in [4.69, 9.17) is 9.47 Å². The smallest absolute Gasteiger partial charge is 0.410 e. The molecule has 3 rings (SSSR count). The Morgan fingerprint density at radius 3 is 2.12 bits per heavy atom. The topological polar surface area (TPSA) is 79.3 Å². The van der Waals surface area contributed by atoms with Crippen LogP contribution in [0.3, 0.4) is 0 Å². The highest BCUT2D eigenvalue weighted by molar-refractivity contribution is 5.70. The number of carbonyl (C=O) groups is 2. The number of carbonyl (C=O) groups excluding carboxylic acids is 1. The molecule has 7 heteroatoms. The Morgan fingerprint density at radius 2 is 1.61 bits per heavy atom. The average molecular weight is 455 g/mol. The Morgan fingerprint density at radius 1 is 1.03 bits per heavy atom. The summed E-state index contributed by atoms with van der Waals surface area (Å²) in [4.78, 5) is 28.7. The number of benzene rings is 2. The van der Waals surface area contributed by atoms with Crippen LogP contribution in [0.4, 0.5) is 9.59 Å². The Kier molecular flexibility index (Phi) is 7.97. The molecule has 7 nitrogen and oxygen atoms in total. The molecule has 3 atom stereocenters. The van der Waals surface area contributed by atoms with Crippen LogP contribution in [0.1, 0.15) is 38.8 Å². The van der Waals surface area contributed by atoms with Crippen molar-refractivity contribution in [1.29, 1.82) is 0 Å². The summed E-state index contributed by atoms with van der Waals surface area (Å²) in [7, 11) is 0. The molecule has 1 unspecified atom stereocenters. The van der Waals surface area contributed by atoms with Crippen LogP contribution in [0.2, 0.25) is 0 Å². The Balaban J connectivity index is 1.97. The van der Waals surface area contributed by atoms with Gasteiger partial charge in [-0.25, -0.2) is 9.59 Å². The lowest BCUT2D eigenvalue weighted by molar-refractivity contribution is -0.00859. The number of hydrogen-bond donors (Lipinski definition) is 1. The lowest BCUT2D eigenvalue weighted by Gasteiger charge is -2.41. The zero-order valence-corrected chi connectivity index (χ0v) is 19.8. The van der Waals surface area contributed by atoms with Crippen molar-refractivity contribution in [2.24, 2.45) is 5.41 Å². The van der Waals surface area contributed by atoms with E-state index in [1.54, 1.807) is 4.90 Å². The van der Waals surface area contributed by atoms with Gasteiger partial charge in [-0.2, -0.15) is 0 Å². The number of amides is 2. The minimum atomic E-state index is -1.01. The maximum absolute atomic E-state index is 13.5. The number of ether oxygens (including phenoxy) is 2. The number of likely N-dealkylation sites (tertiary alicyclic amines) is 1. The van der Waals surface area contributed by atoms with E-state index in [1.807, 2.05) is 88.4 Å². The molecule has 0 bridgehead atoms. The summed E-state index contributed by atoms with van der Waals surface area (Å²) >= 11 is 0. The average Bonchev–Trinajstić information content (AvgIpc) is 3.17. The van der Waals surface area contributed by atoms with Gasteiger partial charge in [0.15, 0.2) is 0 Å². The minimum Gasteiger partial charge on any atom is -0.465 e. The van der Waals surface area contributed by atoms with Gasteiger partial charge in [0.1, 0.15) is 6.61 Å². The third kappa shape index (κ3) is 6.05. The molecule has 2 aromatic carbocycles. The van der Waals surface area contributed by atoms with E-state index in [0.717, 1.165) is 11.1 Å². The lowest BCUT2D eigenvalue weighted by Crippen LogP contribution is -2.56. The van der Waals surface area contributed by atoms with Crippen LogP contribution >= 0.6 is 0 Å². The minimum absolute atomic E-state index is 0.139. The molecule has 2 aromatic rings. The highest BCUT2D eigenvalue weighted by Crippen LogP contribution is 2.38. The monoisotopic (exact) mass is 454 g/mol. The third-order valence-electron chi connectivity index (χ3n) is 5.93. The van der Waals surface area contributed by atoms with Gasteiger partial charge >= 0.3 is 12.2 Å². The van der Waals surface area contributed by atoms with E-state index >= 15 is 0 Å². The van der Waals surface area contributed by atoms with Crippen molar-refractivity contribution in [3.8, 4) is 0 Å². The summed E-state index contributed by atoms with van der Waals surface area (Å²) in [5.74, 6) is 0. The van der Waals surface area contributed by atoms with Gasteiger partial charge in [-0.3, -0.25) is 9.80 Å². The first-order valence-electron chi connectivity index (χ1n) is 11.3. The normalized spacial score (nSPS) is 20.5. The molecule has 1 fully saturated rings. The SMILES string of the molecule is CCO[C@H]1CN(C(=O)O)C(C(C)(C)C)[C@@H]1N(Cc1ccccc1)C(=O)OCc1ccccc1. The molecule has 0 saturated carbocycles. The quantitative estimate of drug-likeness (QED) is 0.636. The van der Waals surface area contributed by atoms with Gasteiger partial charge in [-0.05, 0) is 23.5 Å². The molecular formula is C26H34N2O5. The summed E-state index contributed by atoms with van der Waals surface area (Å²) in [5, 5.41) is 9.95. The molecule has 33 heavy (non-hydrogen) atoms. The van der Waals surface area contributed by atoms with E-state index in [9.17, 15) is 14.7 Å². The van der Waals surface area contributed by atoms with Crippen LogP contribution in [-0.2, 0) is 22.6 Å². The summed E-state index contributed by atoms with van der Waals surface area (Å²) < 4.78 is 11.7. The van der Waals surface area contributed by atoms with Gasteiger partial charge in [0.25, 0.3) is 0 Å². The van der Waals surface area contributed by atoms with Crippen molar-refractivity contribution in [1.82, 2.24) is 9.80 Å². The van der Waals surface area contributed by atoms with Crippen molar-refractivity contribution in [3.63, 3.8) is 0 Å². The first kappa shape index (κ1) is 24.6. The lowest BCUT2D eigenvalue weighted by atomic mass is 9.81. The van der Waals surface area contributed by atoms with Crippen LogP contribution in [-0.4, -0.2) is 58.4 Å². The van der Waals surface area contributed by atoms with Crippen molar-refractivity contribution in [3.05, 3.63) is 71.8 Å². The third-order valence-corrected chi connectivity index (χ3v) is 5.93. The summed E-state index contributed by atoms with van der Waals surface area (Å²) in [5.41, 5.74) is 1.40. The highest BCUT2D eigenvalue weighted by Gasteiger charge is 2.53. The van der Waals surface area contributed by atoms with Gasteiger partial charge in [0.2, 0.25) is 0 Å². The summed E-state index contributed by atoms with van der Waals surface area (Å²) in [6, 6.07) is 18.2. The van der Waals surface area contributed by atoms with Crippen LogP contribution in [0.5, 0.6) is 0 Å². The summed E-state index contributed by atoms with van der Waals surface area (Å²) in [6.07, 6.45) is -1.96. The number of hydrogen-bond acceptors (Lipinski definition) is 4. The number of nitrogens with zero attached hydrogens (tertiary/aromatic N) is 2. The van der Waals surface area contributed by atoms with Crippen LogP contribution in [0.25, 0.3) is 0 Å². The molecule has 1 saturated heterocycles. The van der Waals surface area contributed by atoms with Gasteiger partial charge in [0.05, 0.1) is 24.7 Å². The van der Waals surface area contributed by atoms with Gasteiger partial charge in [-0.15, -0.1) is 0 Å². The first-order chi connectivity index (χ1) is 15.7. The van der Waals surface area contributed by atoms with Gasteiger partial charge in [0, 0.05) is 13.2 Å². The van der Waals surface area contributed by atoms with Crippen molar-refractivity contribution < 1.29 is 24.2 Å². The molecule has 2 amide bonds. The largest absolute Gasteiger partial charge is 0.465 e. The molecule has 178 valence electrons. The second-order valence-electron chi connectivity index (χ2n) is 9.38. The maximum atomic E-state index is 13.5. The molecule has 1 aliphatic heterocycles. The Labute approximate surface area is 195 Å². The van der Waals surface area contributed by atoms with Crippen LogP contribution in [0.15, 0.2) is 60.7 Å². The molecule has 0 aromatic heterocycles. The predicted octanol–water partition coefficient (Wildman–Crippen LogP) is 5.01. The Bertz CT molecular complexity index is 913. The zero-order chi connectivity index (χ0) is 24.0. The number of rotatable bonds is 7. The predicted molar refractivity (Wildman–Crippen MR) is 126 cm³/mol. The molecule has 0 spiro atoms. The Hall–Kier alpha value is -3.06. The van der Waals surface area contributed by atoms with Gasteiger partial charge in [-0.1, -0.05) is 81.4 Å². The standard InChI is InChI=1S/C26H34N2O5/c1-5-32-21-17-28(24(29)30)23(26(2,3)4)22(21)27(16-19-12-8-6-9-13-19)25(31)33-18-20-14-10-7-11-15-20/h6-15,21-23H,5,16-18H2,1-4H3,(H,29,30)/t21-,22+,23?/m0/s1. The van der Waals surface area contributed by atoms with E-state index in [-0.39, 0.29) is 13.2 Å². The molecule has 0 aliphatic carbocycles. The highest BCUT2D eigenvalue weighted by atomic mass is 16.6. The molecule has 1 heterocycles. The van der Waals surface area contributed by atoms with Crippen LogP contribution < -0.4 is 0 Å².